The van der Waals surface area contributed by atoms with Crippen LogP contribution >= 0.6 is 0 Å². The normalized spacial score (nSPS) is 13.9. The number of benzene rings is 2. The Hall–Kier alpha value is -3.41. The van der Waals surface area contributed by atoms with Crippen LogP contribution in [0.15, 0.2) is 54.9 Å². The summed E-state index contributed by atoms with van der Waals surface area (Å²) < 4.78 is 5.52. The molecule has 31 heavy (non-hydrogen) atoms. The van der Waals surface area contributed by atoms with E-state index < -0.39 is 0 Å². The Morgan fingerprint density at radius 3 is 2.26 bits per heavy atom. The van der Waals surface area contributed by atoms with Gasteiger partial charge in [-0.15, -0.1) is 0 Å². The highest BCUT2D eigenvalue weighted by Gasteiger charge is 2.23. The van der Waals surface area contributed by atoms with E-state index in [1.807, 2.05) is 68.1 Å². The smallest absolute Gasteiger partial charge is 0.253 e. The van der Waals surface area contributed by atoms with Crippen LogP contribution in [0, 0.1) is 13.8 Å². The van der Waals surface area contributed by atoms with E-state index in [0.717, 1.165) is 52.6 Å². The number of hydrogen-bond acceptors (Lipinski definition) is 5. The number of aromatic nitrogens is 2. The Balaban J connectivity index is 1.43. The number of piperazine rings is 1. The third kappa shape index (κ3) is 4.85. The maximum absolute atomic E-state index is 12.9. The molecule has 1 saturated heterocycles. The highest BCUT2D eigenvalue weighted by molar-refractivity contribution is 5.94. The van der Waals surface area contributed by atoms with E-state index in [4.69, 9.17) is 4.74 Å². The van der Waals surface area contributed by atoms with Gasteiger partial charge >= 0.3 is 0 Å². The summed E-state index contributed by atoms with van der Waals surface area (Å²) >= 11 is 0. The molecule has 0 bridgehead atoms. The first-order valence-electron chi connectivity index (χ1n) is 10.7. The zero-order valence-electron chi connectivity index (χ0n) is 18.3. The molecule has 4 rings (SSSR count). The van der Waals surface area contributed by atoms with Crippen LogP contribution in [-0.4, -0.2) is 53.6 Å². The Morgan fingerprint density at radius 2 is 1.61 bits per heavy atom. The van der Waals surface area contributed by atoms with Crippen molar-refractivity contribution < 1.29 is 9.53 Å². The molecule has 1 fully saturated rings. The molecule has 160 valence electrons. The number of hydrogen-bond donors (Lipinski definition) is 0. The second-order valence-electron chi connectivity index (χ2n) is 7.87. The van der Waals surface area contributed by atoms with Crippen molar-refractivity contribution in [2.45, 2.75) is 20.8 Å². The van der Waals surface area contributed by atoms with Gasteiger partial charge in [0.25, 0.3) is 5.91 Å². The highest BCUT2D eigenvalue weighted by atomic mass is 16.5. The summed E-state index contributed by atoms with van der Waals surface area (Å²) in [6.07, 6.45) is 1.61. The fourth-order valence-corrected chi connectivity index (χ4v) is 3.99. The molecule has 1 aliphatic heterocycles. The number of ether oxygens (including phenoxy) is 1. The maximum Gasteiger partial charge on any atom is 0.253 e. The van der Waals surface area contributed by atoms with Crippen molar-refractivity contribution >= 4 is 11.7 Å². The second kappa shape index (κ2) is 9.16. The number of amides is 1. The minimum atomic E-state index is 0.101. The van der Waals surface area contributed by atoms with Gasteiger partial charge in [-0.2, -0.15) is 0 Å². The molecule has 0 atom stereocenters. The van der Waals surface area contributed by atoms with Crippen molar-refractivity contribution in [3.8, 4) is 17.0 Å². The number of rotatable bonds is 5. The van der Waals surface area contributed by atoms with Gasteiger partial charge in [-0.05, 0) is 57.2 Å². The van der Waals surface area contributed by atoms with Crippen LogP contribution < -0.4 is 9.64 Å². The minimum Gasteiger partial charge on any atom is -0.494 e. The van der Waals surface area contributed by atoms with Gasteiger partial charge in [-0.25, -0.2) is 9.97 Å². The van der Waals surface area contributed by atoms with Crippen LogP contribution in [0.2, 0.25) is 0 Å². The molecule has 0 aliphatic carbocycles. The third-order valence-corrected chi connectivity index (χ3v) is 5.47. The van der Waals surface area contributed by atoms with Crippen molar-refractivity contribution in [3.63, 3.8) is 0 Å². The van der Waals surface area contributed by atoms with Crippen LogP contribution in [0.4, 0.5) is 5.82 Å². The molecule has 0 N–H and O–H groups in total. The number of nitrogens with zero attached hydrogens (tertiary/aromatic N) is 4. The van der Waals surface area contributed by atoms with Gasteiger partial charge in [0.15, 0.2) is 0 Å². The maximum atomic E-state index is 12.9. The van der Waals surface area contributed by atoms with Crippen molar-refractivity contribution in [3.05, 3.63) is 71.5 Å². The van der Waals surface area contributed by atoms with Crippen molar-refractivity contribution in [2.75, 3.05) is 37.7 Å². The first-order valence-corrected chi connectivity index (χ1v) is 10.7. The SMILES string of the molecule is CCOc1ccc(-c2cc(N3CCN(C(=O)c4cc(C)cc(C)c4)CC3)ncn2)cc1. The number of anilines is 1. The molecular formula is C25H28N4O2. The van der Waals surface area contributed by atoms with E-state index in [1.165, 1.54) is 0 Å². The lowest BCUT2D eigenvalue weighted by Gasteiger charge is -2.35. The predicted molar refractivity (Wildman–Crippen MR) is 123 cm³/mol. The lowest BCUT2D eigenvalue weighted by Crippen LogP contribution is -2.49. The van der Waals surface area contributed by atoms with E-state index in [9.17, 15) is 4.79 Å². The van der Waals surface area contributed by atoms with Gasteiger partial charge < -0.3 is 14.5 Å². The largest absolute Gasteiger partial charge is 0.494 e. The first-order chi connectivity index (χ1) is 15.0. The Labute approximate surface area is 183 Å². The lowest BCUT2D eigenvalue weighted by atomic mass is 10.1. The van der Waals surface area contributed by atoms with Crippen LogP contribution in [0.25, 0.3) is 11.3 Å². The Kier molecular flexibility index (Phi) is 6.16. The number of carbonyl (C=O) groups is 1. The summed E-state index contributed by atoms with van der Waals surface area (Å²) in [6, 6.07) is 16.0. The molecule has 2 aromatic carbocycles. The average Bonchev–Trinajstić information content (AvgIpc) is 2.79. The van der Waals surface area contributed by atoms with Crippen molar-refractivity contribution in [1.29, 1.82) is 0 Å². The molecule has 1 amide bonds. The van der Waals surface area contributed by atoms with Gasteiger partial charge in [0.1, 0.15) is 17.9 Å². The minimum absolute atomic E-state index is 0.101. The molecule has 0 spiro atoms. The second-order valence-corrected chi connectivity index (χ2v) is 7.87. The van der Waals surface area contributed by atoms with Crippen LogP contribution in [0.1, 0.15) is 28.4 Å². The summed E-state index contributed by atoms with van der Waals surface area (Å²) in [7, 11) is 0. The molecule has 3 aromatic rings. The average molecular weight is 417 g/mol. The van der Waals surface area contributed by atoms with E-state index in [1.54, 1.807) is 6.33 Å². The summed E-state index contributed by atoms with van der Waals surface area (Å²) in [5.41, 5.74) is 4.90. The fourth-order valence-electron chi connectivity index (χ4n) is 3.99. The van der Waals surface area contributed by atoms with E-state index in [2.05, 4.69) is 20.9 Å². The van der Waals surface area contributed by atoms with Crippen molar-refractivity contribution in [2.24, 2.45) is 0 Å². The van der Waals surface area contributed by atoms with Crippen LogP contribution in [-0.2, 0) is 0 Å². The third-order valence-electron chi connectivity index (χ3n) is 5.47. The zero-order chi connectivity index (χ0) is 21.8. The molecule has 2 heterocycles. The topological polar surface area (TPSA) is 58.6 Å². The van der Waals surface area contributed by atoms with Gasteiger partial charge in [0.2, 0.25) is 0 Å². The van der Waals surface area contributed by atoms with Gasteiger partial charge in [0, 0.05) is 43.4 Å². The quantitative estimate of drug-likeness (QED) is 0.626. The molecule has 0 unspecified atom stereocenters. The summed E-state index contributed by atoms with van der Waals surface area (Å²) in [4.78, 5) is 26.0. The van der Waals surface area contributed by atoms with E-state index in [0.29, 0.717) is 19.7 Å². The number of carbonyl (C=O) groups excluding carboxylic acids is 1. The first kappa shape index (κ1) is 20.8. The van der Waals surface area contributed by atoms with Crippen LogP contribution in [0.3, 0.4) is 0 Å². The van der Waals surface area contributed by atoms with Gasteiger partial charge in [-0.1, -0.05) is 17.2 Å². The fraction of sp³-hybridized carbons (Fsp3) is 0.320. The van der Waals surface area contributed by atoms with Crippen molar-refractivity contribution in [1.82, 2.24) is 14.9 Å². The van der Waals surface area contributed by atoms with Gasteiger partial charge in [-0.3, -0.25) is 4.79 Å². The molecule has 6 heteroatoms. The Morgan fingerprint density at radius 1 is 0.935 bits per heavy atom. The predicted octanol–water partition coefficient (Wildman–Crippen LogP) is 4.12. The van der Waals surface area contributed by atoms with E-state index in [-0.39, 0.29) is 5.91 Å². The molecule has 0 saturated carbocycles. The summed E-state index contributed by atoms with van der Waals surface area (Å²) in [5.74, 6) is 1.84. The monoisotopic (exact) mass is 416 g/mol. The summed E-state index contributed by atoms with van der Waals surface area (Å²) in [6.45, 7) is 9.52. The molecule has 1 aromatic heterocycles. The standard InChI is InChI=1S/C25H28N4O2/c1-4-31-22-7-5-20(6-8-22)23-16-24(27-17-26-23)28-9-11-29(12-10-28)25(30)21-14-18(2)13-19(3)15-21/h5-8,13-17H,4,9-12H2,1-3H3. The Bertz CT molecular complexity index is 1040. The number of aryl methyl sites for hydroxylation is 2. The van der Waals surface area contributed by atoms with Gasteiger partial charge in [0.05, 0.1) is 12.3 Å². The zero-order valence-corrected chi connectivity index (χ0v) is 18.3. The van der Waals surface area contributed by atoms with E-state index >= 15 is 0 Å². The highest BCUT2D eigenvalue weighted by Crippen LogP contribution is 2.24. The molecule has 6 nitrogen and oxygen atoms in total. The molecule has 0 radical (unpaired) electrons. The molecular weight excluding hydrogens is 388 g/mol. The molecule has 1 aliphatic rings. The van der Waals surface area contributed by atoms with Crippen LogP contribution in [0.5, 0.6) is 5.75 Å². The lowest BCUT2D eigenvalue weighted by molar-refractivity contribution is 0.0746. The summed E-state index contributed by atoms with van der Waals surface area (Å²) in [5, 5.41) is 0.